The number of aromatic nitrogens is 1. The van der Waals surface area contributed by atoms with E-state index in [0.717, 1.165) is 41.5 Å². The Bertz CT molecular complexity index is 1120. The van der Waals surface area contributed by atoms with Gasteiger partial charge in [-0.3, -0.25) is 9.78 Å². The van der Waals surface area contributed by atoms with Crippen LogP contribution in [-0.2, 0) is 16.0 Å². The van der Waals surface area contributed by atoms with Gasteiger partial charge < -0.3 is 9.84 Å². The van der Waals surface area contributed by atoms with E-state index in [1.54, 1.807) is 12.4 Å². The number of rotatable bonds is 9. The van der Waals surface area contributed by atoms with Gasteiger partial charge in [0, 0.05) is 29.9 Å². The molecule has 7 nitrogen and oxygen atoms in total. The van der Waals surface area contributed by atoms with Gasteiger partial charge in [-0.1, -0.05) is 42.5 Å². The number of nitrogens with zero attached hydrogens (tertiary/aromatic N) is 2. The highest BCUT2D eigenvalue weighted by Crippen LogP contribution is 2.39. The molecule has 3 aromatic rings. The first-order chi connectivity index (χ1) is 16.6. The molecule has 4 rings (SSSR count). The second-order valence-electron chi connectivity index (χ2n) is 8.24. The number of hydrazone groups is 1. The monoisotopic (exact) mass is 457 g/mol. The van der Waals surface area contributed by atoms with Crippen LogP contribution >= 0.6 is 0 Å². The van der Waals surface area contributed by atoms with Crippen molar-refractivity contribution in [2.45, 2.75) is 38.0 Å². The van der Waals surface area contributed by atoms with Crippen molar-refractivity contribution in [3.8, 4) is 5.75 Å². The van der Waals surface area contributed by atoms with Crippen molar-refractivity contribution in [1.82, 2.24) is 10.4 Å². The van der Waals surface area contributed by atoms with Crippen LogP contribution in [0.2, 0.25) is 0 Å². The number of carboxylic acid groups (broad SMARTS) is 1. The standard InChI is InChI=1S/C27H27N3O4/c31-25(29-30-27(20-7-2-1-3-8-20)21-10-6-16-28-17-21)15-14-19-9-4-12-23-22(19)11-5-13-24(23)34-18-26(32)33/h1-3,5-8,10-11,13,16-17,19H,4,9,12,14-15,18H2,(H,29,31)(H,32,33). The first-order valence-electron chi connectivity index (χ1n) is 11.4. The Hall–Kier alpha value is -4.00. The van der Waals surface area contributed by atoms with Crippen LogP contribution in [0.4, 0.5) is 0 Å². The average molecular weight is 458 g/mol. The SMILES string of the molecule is O=C(O)COc1cccc2c1CCCC2CCC(=O)NN=C(c1ccccc1)c1cccnc1. The van der Waals surface area contributed by atoms with Crippen LogP contribution in [0.1, 0.15) is 53.9 Å². The van der Waals surface area contributed by atoms with Gasteiger partial charge in [0.05, 0.1) is 5.71 Å². The van der Waals surface area contributed by atoms with E-state index in [2.05, 4.69) is 21.6 Å². The molecular formula is C27H27N3O4. The smallest absolute Gasteiger partial charge is 0.341 e. The Labute approximate surface area is 198 Å². The number of amides is 1. The second kappa shape index (κ2) is 11.2. The van der Waals surface area contributed by atoms with E-state index in [0.29, 0.717) is 24.3 Å². The summed E-state index contributed by atoms with van der Waals surface area (Å²) in [5.74, 6) is -0.299. The number of carboxylic acids is 1. The van der Waals surface area contributed by atoms with E-state index in [4.69, 9.17) is 9.84 Å². The summed E-state index contributed by atoms with van der Waals surface area (Å²) in [5, 5.41) is 13.4. The van der Waals surface area contributed by atoms with E-state index < -0.39 is 5.97 Å². The summed E-state index contributed by atoms with van der Waals surface area (Å²) in [4.78, 5) is 27.7. The Morgan fingerprint density at radius 3 is 2.65 bits per heavy atom. The van der Waals surface area contributed by atoms with Crippen molar-refractivity contribution in [3.63, 3.8) is 0 Å². The van der Waals surface area contributed by atoms with E-state index in [-0.39, 0.29) is 18.4 Å². The summed E-state index contributed by atoms with van der Waals surface area (Å²) in [6.07, 6.45) is 7.25. The predicted molar refractivity (Wildman–Crippen MR) is 129 cm³/mol. The molecular weight excluding hydrogens is 430 g/mol. The highest BCUT2D eigenvalue weighted by molar-refractivity contribution is 6.12. The second-order valence-corrected chi connectivity index (χ2v) is 8.24. The van der Waals surface area contributed by atoms with Gasteiger partial charge in [-0.2, -0.15) is 5.10 Å². The zero-order valence-corrected chi connectivity index (χ0v) is 18.8. The van der Waals surface area contributed by atoms with Gasteiger partial charge in [-0.05, 0) is 60.9 Å². The van der Waals surface area contributed by atoms with Crippen molar-refractivity contribution in [2.75, 3.05) is 6.61 Å². The first kappa shape index (κ1) is 23.2. The fourth-order valence-electron chi connectivity index (χ4n) is 4.36. The molecule has 0 saturated heterocycles. The molecule has 0 aliphatic heterocycles. The normalized spacial score (nSPS) is 15.3. The lowest BCUT2D eigenvalue weighted by molar-refractivity contribution is -0.139. The Morgan fingerprint density at radius 2 is 1.88 bits per heavy atom. The molecule has 1 amide bonds. The molecule has 174 valence electrons. The van der Waals surface area contributed by atoms with Crippen molar-refractivity contribution in [1.29, 1.82) is 0 Å². The van der Waals surface area contributed by atoms with Crippen LogP contribution in [0.5, 0.6) is 5.75 Å². The Balaban J connectivity index is 1.43. The van der Waals surface area contributed by atoms with Crippen molar-refractivity contribution >= 4 is 17.6 Å². The lowest BCUT2D eigenvalue weighted by atomic mass is 9.80. The number of aliphatic carboxylic acids is 1. The number of nitrogens with one attached hydrogen (secondary N) is 1. The maximum atomic E-state index is 12.7. The molecule has 1 aromatic heterocycles. The van der Waals surface area contributed by atoms with E-state index in [1.165, 1.54) is 0 Å². The van der Waals surface area contributed by atoms with E-state index in [9.17, 15) is 9.59 Å². The van der Waals surface area contributed by atoms with Gasteiger partial charge in [0.2, 0.25) is 5.91 Å². The number of benzene rings is 2. The van der Waals surface area contributed by atoms with E-state index in [1.807, 2.05) is 54.6 Å². The predicted octanol–water partition coefficient (Wildman–Crippen LogP) is 4.31. The summed E-state index contributed by atoms with van der Waals surface area (Å²) in [5.41, 5.74) is 7.30. The van der Waals surface area contributed by atoms with Crippen LogP contribution in [0, 0.1) is 0 Å². The van der Waals surface area contributed by atoms with Gasteiger partial charge in [-0.25, -0.2) is 10.2 Å². The average Bonchev–Trinajstić information content (AvgIpc) is 2.87. The molecule has 1 atom stereocenters. The van der Waals surface area contributed by atoms with Crippen LogP contribution < -0.4 is 10.2 Å². The summed E-state index contributed by atoms with van der Waals surface area (Å²) in [6.45, 7) is -0.359. The molecule has 1 unspecified atom stereocenters. The Kier molecular flexibility index (Phi) is 7.65. The molecule has 1 aliphatic carbocycles. The molecule has 0 saturated carbocycles. The molecule has 0 spiro atoms. The Morgan fingerprint density at radius 1 is 1.06 bits per heavy atom. The zero-order chi connectivity index (χ0) is 23.8. The minimum Gasteiger partial charge on any atom is -0.482 e. The van der Waals surface area contributed by atoms with Gasteiger partial charge >= 0.3 is 5.97 Å². The minimum atomic E-state index is -0.997. The summed E-state index contributed by atoms with van der Waals surface area (Å²) >= 11 is 0. The maximum Gasteiger partial charge on any atom is 0.341 e. The summed E-state index contributed by atoms with van der Waals surface area (Å²) in [6, 6.07) is 19.2. The summed E-state index contributed by atoms with van der Waals surface area (Å²) in [7, 11) is 0. The quantitative estimate of drug-likeness (QED) is 0.368. The summed E-state index contributed by atoms with van der Waals surface area (Å²) < 4.78 is 5.49. The fraction of sp³-hybridized carbons (Fsp3) is 0.259. The number of carbonyl (C=O) groups excluding carboxylic acids is 1. The highest BCUT2D eigenvalue weighted by atomic mass is 16.5. The molecule has 0 bridgehead atoms. The van der Waals surface area contributed by atoms with Crippen molar-refractivity contribution < 1.29 is 19.4 Å². The lowest BCUT2D eigenvalue weighted by Gasteiger charge is -2.27. The molecule has 2 aromatic carbocycles. The van der Waals surface area contributed by atoms with Gasteiger partial charge in [0.1, 0.15) is 5.75 Å². The third-order valence-corrected chi connectivity index (χ3v) is 5.93. The molecule has 34 heavy (non-hydrogen) atoms. The number of ether oxygens (including phenoxy) is 1. The maximum absolute atomic E-state index is 12.7. The van der Waals surface area contributed by atoms with Crippen LogP contribution in [0.15, 0.2) is 78.2 Å². The van der Waals surface area contributed by atoms with Crippen LogP contribution in [0.3, 0.4) is 0 Å². The molecule has 0 radical (unpaired) electrons. The van der Waals surface area contributed by atoms with Crippen molar-refractivity contribution in [2.24, 2.45) is 5.10 Å². The number of carbonyl (C=O) groups is 2. The van der Waals surface area contributed by atoms with E-state index >= 15 is 0 Å². The van der Waals surface area contributed by atoms with Gasteiger partial charge in [0.15, 0.2) is 6.61 Å². The fourth-order valence-corrected chi connectivity index (χ4v) is 4.36. The van der Waals surface area contributed by atoms with Crippen molar-refractivity contribution in [3.05, 3.63) is 95.3 Å². The third kappa shape index (κ3) is 5.86. The third-order valence-electron chi connectivity index (χ3n) is 5.93. The number of hydrogen-bond donors (Lipinski definition) is 2. The molecule has 0 fully saturated rings. The lowest BCUT2D eigenvalue weighted by Crippen LogP contribution is -2.22. The van der Waals surface area contributed by atoms with Crippen LogP contribution in [-0.4, -0.2) is 34.3 Å². The minimum absolute atomic E-state index is 0.150. The van der Waals surface area contributed by atoms with Gasteiger partial charge in [0.25, 0.3) is 0 Å². The highest BCUT2D eigenvalue weighted by Gasteiger charge is 2.23. The number of hydrogen-bond acceptors (Lipinski definition) is 5. The van der Waals surface area contributed by atoms with Crippen LogP contribution in [0.25, 0.3) is 0 Å². The molecule has 2 N–H and O–H groups in total. The zero-order valence-electron chi connectivity index (χ0n) is 18.8. The molecule has 7 heteroatoms. The number of fused-ring (bicyclic) bond motifs is 1. The van der Waals surface area contributed by atoms with Gasteiger partial charge in [-0.15, -0.1) is 0 Å². The first-order valence-corrected chi connectivity index (χ1v) is 11.4. The molecule has 1 aliphatic rings. The number of pyridine rings is 1. The topological polar surface area (TPSA) is 101 Å². The largest absolute Gasteiger partial charge is 0.482 e. The molecule has 1 heterocycles.